The summed E-state index contributed by atoms with van der Waals surface area (Å²) in [5.41, 5.74) is 0.788. The van der Waals surface area contributed by atoms with Crippen molar-refractivity contribution >= 4 is 56.3 Å². The van der Waals surface area contributed by atoms with Crippen LogP contribution in [-0.4, -0.2) is 21.0 Å². The van der Waals surface area contributed by atoms with Gasteiger partial charge in [-0.1, -0.05) is 0 Å². The first-order valence-electron chi connectivity index (χ1n) is 4.51. The van der Waals surface area contributed by atoms with Crippen LogP contribution in [0.5, 0.6) is 0 Å². The summed E-state index contributed by atoms with van der Waals surface area (Å²) in [6.45, 7) is 1.83. The van der Waals surface area contributed by atoms with Crippen LogP contribution in [0.25, 0.3) is 0 Å². The Bertz CT molecular complexity index is 552. The zero-order valence-electron chi connectivity index (χ0n) is 8.64. The van der Waals surface area contributed by atoms with Crippen molar-refractivity contribution in [3.8, 4) is 0 Å². The Morgan fingerprint density at radius 1 is 1.53 bits per heavy atom. The smallest absolute Gasteiger partial charge is 0.308 e. The van der Waals surface area contributed by atoms with Gasteiger partial charge in [0.1, 0.15) is 4.60 Å². The summed E-state index contributed by atoms with van der Waals surface area (Å²) in [5, 5.41) is 10.7. The number of hydrogen-bond donors (Lipinski definition) is 1. The first-order valence-corrected chi connectivity index (χ1v) is 7.82. The predicted molar refractivity (Wildman–Crippen MR) is 72.1 cm³/mol. The van der Waals surface area contributed by atoms with Crippen LogP contribution >= 0.6 is 50.4 Å². The van der Waals surface area contributed by atoms with Crippen molar-refractivity contribution in [2.45, 2.75) is 22.0 Å². The molecule has 2 heterocycles. The fourth-order valence-corrected chi connectivity index (χ4v) is 4.90. The van der Waals surface area contributed by atoms with Gasteiger partial charge >= 0.3 is 5.97 Å². The highest BCUT2D eigenvalue weighted by Crippen LogP contribution is 2.35. The number of aryl methyl sites for hydroxylation is 1. The van der Waals surface area contributed by atoms with Crippen LogP contribution < -0.4 is 0 Å². The molecule has 0 saturated carbocycles. The van der Waals surface area contributed by atoms with Crippen molar-refractivity contribution < 1.29 is 9.90 Å². The van der Waals surface area contributed by atoms with Gasteiger partial charge in [0.2, 0.25) is 0 Å². The molecule has 0 fully saturated rings. The summed E-state index contributed by atoms with van der Waals surface area (Å²) in [6, 6.07) is 0. The van der Waals surface area contributed by atoms with E-state index in [1.165, 1.54) is 34.4 Å². The molecule has 0 unspecified atom stereocenters. The quantitative estimate of drug-likeness (QED) is 0.914. The zero-order chi connectivity index (χ0) is 12.4. The predicted octanol–water partition coefficient (Wildman–Crippen LogP) is 3.45. The summed E-state index contributed by atoms with van der Waals surface area (Å²) in [6.07, 6.45) is 0.0334. The number of carboxylic acids is 1. The Hall–Kier alpha value is -0.440. The zero-order valence-corrected chi connectivity index (χ0v) is 12.7. The third-order valence-corrected chi connectivity index (χ3v) is 5.68. The van der Waals surface area contributed by atoms with Gasteiger partial charge in [0.25, 0.3) is 0 Å². The van der Waals surface area contributed by atoms with Gasteiger partial charge in [-0.25, -0.2) is 9.97 Å². The van der Waals surface area contributed by atoms with E-state index in [9.17, 15) is 4.79 Å². The van der Waals surface area contributed by atoms with E-state index in [-0.39, 0.29) is 6.42 Å². The van der Waals surface area contributed by atoms with Gasteiger partial charge in [0.05, 0.1) is 12.1 Å². The minimum Gasteiger partial charge on any atom is -0.481 e. The molecule has 0 aliphatic carbocycles. The summed E-state index contributed by atoms with van der Waals surface area (Å²) in [4.78, 5) is 20.0. The fourth-order valence-electron chi connectivity index (χ4n) is 1.11. The third kappa shape index (κ3) is 3.51. The molecule has 0 saturated heterocycles. The second kappa shape index (κ2) is 5.47. The molecule has 0 atom stereocenters. The second-order valence-electron chi connectivity index (χ2n) is 3.10. The molecule has 0 bridgehead atoms. The van der Waals surface area contributed by atoms with Gasteiger partial charge in [-0.05, 0) is 34.6 Å². The third-order valence-electron chi connectivity index (χ3n) is 1.81. The van der Waals surface area contributed by atoms with Gasteiger partial charge in [-0.2, -0.15) is 0 Å². The maximum atomic E-state index is 10.6. The lowest BCUT2D eigenvalue weighted by molar-refractivity contribution is -0.136. The van der Waals surface area contributed by atoms with Crippen molar-refractivity contribution in [1.82, 2.24) is 9.97 Å². The van der Waals surface area contributed by atoms with Crippen LogP contribution in [-0.2, 0) is 11.2 Å². The Morgan fingerprint density at radius 3 is 2.88 bits per heavy atom. The Morgan fingerprint density at radius 2 is 2.29 bits per heavy atom. The molecule has 2 rings (SSSR count). The molecule has 4 nitrogen and oxygen atoms in total. The van der Waals surface area contributed by atoms with Crippen molar-refractivity contribution in [3.05, 3.63) is 20.6 Å². The first-order chi connectivity index (χ1) is 8.04. The van der Waals surface area contributed by atoms with Gasteiger partial charge in [0, 0.05) is 10.3 Å². The lowest BCUT2D eigenvalue weighted by Gasteiger charge is -1.89. The largest absolute Gasteiger partial charge is 0.481 e. The van der Waals surface area contributed by atoms with Crippen LogP contribution in [0.3, 0.4) is 0 Å². The van der Waals surface area contributed by atoms with Crippen molar-refractivity contribution in [2.75, 3.05) is 0 Å². The number of hydrogen-bond acceptors (Lipinski definition) is 6. The number of aromatic nitrogens is 2. The molecule has 0 aliphatic heterocycles. The fraction of sp³-hybridized carbons (Fsp3) is 0.222. The molecular weight excluding hydrogens is 344 g/mol. The van der Waals surface area contributed by atoms with Crippen molar-refractivity contribution in [3.63, 3.8) is 0 Å². The monoisotopic (exact) mass is 350 g/mol. The number of rotatable bonds is 4. The molecule has 0 spiro atoms. The van der Waals surface area contributed by atoms with E-state index < -0.39 is 5.97 Å². The number of carbonyl (C=O) groups is 1. The molecular formula is C9H7BrN2O2S3. The van der Waals surface area contributed by atoms with Gasteiger partial charge in [0.15, 0.2) is 8.68 Å². The highest BCUT2D eigenvalue weighted by Gasteiger charge is 2.13. The van der Waals surface area contributed by atoms with Crippen LogP contribution in [0, 0.1) is 6.92 Å². The first kappa shape index (κ1) is 13.0. The molecule has 8 heteroatoms. The van der Waals surface area contributed by atoms with E-state index in [4.69, 9.17) is 5.11 Å². The van der Waals surface area contributed by atoms with Crippen LogP contribution in [0.2, 0.25) is 0 Å². The molecule has 0 amide bonds. The Labute approximate surface area is 118 Å². The SMILES string of the molecule is Cc1nc(Sc2nc(Br)cs2)sc1CC(=O)O. The average molecular weight is 351 g/mol. The summed E-state index contributed by atoms with van der Waals surface area (Å²) < 4.78 is 2.54. The van der Waals surface area contributed by atoms with E-state index in [1.807, 2.05) is 12.3 Å². The van der Waals surface area contributed by atoms with Crippen molar-refractivity contribution in [1.29, 1.82) is 0 Å². The van der Waals surface area contributed by atoms with E-state index >= 15 is 0 Å². The van der Waals surface area contributed by atoms with Crippen LogP contribution in [0.4, 0.5) is 0 Å². The van der Waals surface area contributed by atoms with Crippen LogP contribution in [0.1, 0.15) is 10.6 Å². The normalized spacial score (nSPS) is 10.7. The molecule has 0 aromatic carbocycles. The molecule has 17 heavy (non-hydrogen) atoms. The minimum absolute atomic E-state index is 0.0334. The van der Waals surface area contributed by atoms with E-state index in [2.05, 4.69) is 25.9 Å². The van der Waals surface area contributed by atoms with Gasteiger partial charge in [-0.3, -0.25) is 4.79 Å². The molecule has 0 radical (unpaired) electrons. The summed E-state index contributed by atoms with van der Waals surface area (Å²) >= 11 is 7.69. The molecule has 1 N–H and O–H groups in total. The summed E-state index contributed by atoms with van der Waals surface area (Å²) in [7, 11) is 0. The Kier molecular flexibility index (Phi) is 4.18. The number of thiazole rings is 2. The van der Waals surface area contributed by atoms with Crippen molar-refractivity contribution in [2.24, 2.45) is 0 Å². The second-order valence-corrected chi connectivity index (χ2v) is 7.35. The highest BCUT2D eigenvalue weighted by molar-refractivity contribution is 9.10. The minimum atomic E-state index is -0.828. The lowest BCUT2D eigenvalue weighted by atomic mass is 10.3. The van der Waals surface area contributed by atoms with E-state index in [0.29, 0.717) is 0 Å². The van der Waals surface area contributed by atoms with Gasteiger partial charge in [-0.15, -0.1) is 22.7 Å². The molecule has 2 aromatic heterocycles. The maximum absolute atomic E-state index is 10.6. The molecule has 0 aliphatic rings. The van der Waals surface area contributed by atoms with E-state index in [0.717, 1.165) is 23.9 Å². The lowest BCUT2D eigenvalue weighted by Crippen LogP contribution is -1.99. The Balaban J connectivity index is 2.14. The van der Waals surface area contributed by atoms with Crippen LogP contribution in [0.15, 0.2) is 18.7 Å². The summed E-state index contributed by atoms with van der Waals surface area (Å²) in [5.74, 6) is -0.828. The average Bonchev–Trinajstić information content (AvgIpc) is 2.74. The molecule has 2 aromatic rings. The molecule has 90 valence electrons. The topological polar surface area (TPSA) is 63.1 Å². The van der Waals surface area contributed by atoms with E-state index in [1.54, 1.807) is 0 Å². The highest BCUT2D eigenvalue weighted by atomic mass is 79.9. The number of nitrogens with zero attached hydrogens (tertiary/aromatic N) is 2. The maximum Gasteiger partial charge on any atom is 0.308 e. The number of carboxylic acid groups (broad SMARTS) is 1. The van der Waals surface area contributed by atoms with Gasteiger partial charge < -0.3 is 5.11 Å². The number of aliphatic carboxylic acids is 1. The standard InChI is InChI=1S/C9H7BrN2O2S3/c1-4-5(2-7(13)14)16-9(11-4)17-8-12-6(10)3-15-8/h3H,2H2,1H3,(H,13,14). The number of halogens is 1.